The van der Waals surface area contributed by atoms with Crippen LogP contribution in [0.4, 0.5) is 5.82 Å². The lowest BCUT2D eigenvalue weighted by atomic mass is 9.96. The van der Waals surface area contributed by atoms with Gasteiger partial charge in [-0.1, -0.05) is 6.07 Å². The average Bonchev–Trinajstić information content (AvgIpc) is 2.80. The Kier molecular flexibility index (Phi) is 3.68. The summed E-state index contributed by atoms with van der Waals surface area (Å²) in [6.07, 6.45) is 1.08. The van der Waals surface area contributed by atoms with Crippen LogP contribution >= 0.6 is 0 Å². The summed E-state index contributed by atoms with van der Waals surface area (Å²) in [6.45, 7) is 4.11. The molecular formula is C14H21N3O2. The van der Waals surface area contributed by atoms with Gasteiger partial charge in [0.2, 0.25) is 0 Å². The average molecular weight is 263 g/mol. The summed E-state index contributed by atoms with van der Waals surface area (Å²) in [7, 11) is 2.12. The fraction of sp³-hybridized carbons (Fsp3) is 0.643. The maximum absolute atomic E-state index is 5.84. The highest BCUT2D eigenvalue weighted by atomic mass is 16.5. The van der Waals surface area contributed by atoms with Crippen molar-refractivity contribution in [2.75, 3.05) is 39.2 Å². The van der Waals surface area contributed by atoms with Gasteiger partial charge in [-0.2, -0.15) is 0 Å². The van der Waals surface area contributed by atoms with Crippen molar-refractivity contribution in [2.45, 2.75) is 24.9 Å². The summed E-state index contributed by atoms with van der Waals surface area (Å²) in [4.78, 5) is 6.83. The topological polar surface area (TPSA) is 60.6 Å². The molecule has 2 aliphatic rings. The van der Waals surface area contributed by atoms with Gasteiger partial charge in [0.15, 0.2) is 0 Å². The molecule has 0 bridgehead atoms. The van der Waals surface area contributed by atoms with Crippen LogP contribution in [0.15, 0.2) is 12.1 Å². The van der Waals surface area contributed by atoms with Gasteiger partial charge in [-0.25, -0.2) is 4.98 Å². The normalized spacial score (nSPS) is 23.8. The molecule has 5 heteroatoms. The van der Waals surface area contributed by atoms with Crippen molar-refractivity contribution in [2.24, 2.45) is 0 Å². The molecule has 5 nitrogen and oxygen atoms in total. The van der Waals surface area contributed by atoms with Crippen LogP contribution in [0.3, 0.4) is 0 Å². The maximum atomic E-state index is 5.84. The predicted octanol–water partition coefficient (Wildman–Crippen LogP) is 0.998. The standard InChI is InChI=1S/C14H21N3O2/c1-17(11-8-19-9-11)6-13-12(2-3-14(15)16-13)10-4-5-18-7-10/h2-3,10-11H,4-9H2,1H3,(H2,15,16). The Morgan fingerprint density at radius 1 is 1.32 bits per heavy atom. The lowest BCUT2D eigenvalue weighted by Gasteiger charge is -2.34. The summed E-state index contributed by atoms with van der Waals surface area (Å²) in [5, 5.41) is 0. The molecule has 104 valence electrons. The third kappa shape index (κ3) is 2.73. The quantitative estimate of drug-likeness (QED) is 0.878. The molecule has 2 N–H and O–H groups in total. The first-order valence-electron chi connectivity index (χ1n) is 6.85. The summed E-state index contributed by atoms with van der Waals surface area (Å²) in [5.74, 6) is 1.06. The van der Waals surface area contributed by atoms with Gasteiger partial charge in [0, 0.05) is 19.1 Å². The van der Waals surface area contributed by atoms with Crippen LogP contribution in [0.2, 0.25) is 0 Å². The van der Waals surface area contributed by atoms with E-state index in [-0.39, 0.29) is 0 Å². The molecule has 0 radical (unpaired) electrons. The number of nitrogens with zero attached hydrogens (tertiary/aromatic N) is 2. The highest BCUT2D eigenvalue weighted by molar-refractivity contribution is 5.36. The van der Waals surface area contributed by atoms with Crippen molar-refractivity contribution in [3.05, 3.63) is 23.4 Å². The third-order valence-electron chi connectivity index (χ3n) is 4.04. The first kappa shape index (κ1) is 12.8. The first-order chi connectivity index (χ1) is 9.24. The van der Waals surface area contributed by atoms with Crippen LogP contribution in [0.1, 0.15) is 23.6 Å². The van der Waals surface area contributed by atoms with Crippen molar-refractivity contribution >= 4 is 5.82 Å². The SMILES string of the molecule is CN(Cc1nc(N)ccc1C1CCOC1)C1COC1. The van der Waals surface area contributed by atoms with Crippen LogP contribution in [-0.4, -0.2) is 49.4 Å². The van der Waals surface area contributed by atoms with E-state index in [2.05, 4.69) is 23.0 Å². The molecule has 3 heterocycles. The van der Waals surface area contributed by atoms with Crippen LogP contribution in [0, 0.1) is 0 Å². The zero-order chi connectivity index (χ0) is 13.2. The summed E-state index contributed by atoms with van der Waals surface area (Å²) >= 11 is 0. The molecule has 0 amide bonds. The Hall–Kier alpha value is -1.17. The monoisotopic (exact) mass is 263 g/mol. The van der Waals surface area contributed by atoms with Gasteiger partial charge < -0.3 is 15.2 Å². The zero-order valence-electron chi connectivity index (χ0n) is 11.3. The van der Waals surface area contributed by atoms with E-state index in [1.165, 1.54) is 5.56 Å². The molecule has 1 unspecified atom stereocenters. The van der Waals surface area contributed by atoms with Crippen molar-refractivity contribution in [3.8, 4) is 0 Å². The van der Waals surface area contributed by atoms with Crippen molar-refractivity contribution in [1.82, 2.24) is 9.88 Å². The van der Waals surface area contributed by atoms with Crippen molar-refractivity contribution in [3.63, 3.8) is 0 Å². The van der Waals surface area contributed by atoms with E-state index < -0.39 is 0 Å². The minimum atomic E-state index is 0.467. The van der Waals surface area contributed by atoms with Gasteiger partial charge in [-0.3, -0.25) is 4.90 Å². The number of aromatic nitrogens is 1. The first-order valence-corrected chi connectivity index (χ1v) is 6.85. The molecule has 0 aromatic carbocycles. The number of anilines is 1. The Bertz CT molecular complexity index is 442. The van der Waals surface area contributed by atoms with E-state index in [1.807, 2.05) is 6.07 Å². The van der Waals surface area contributed by atoms with E-state index in [4.69, 9.17) is 15.2 Å². The minimum absolute atomic E-state index is 0.467. The molecule has 0 spiro atoms. The molecule has 2 aliphatic heterocycles. The van der Waals surface area contributed by atoms with E-state index >= 15 is 0 Å². The Morgan fingerprint density at radius 3 is 2.79 bits per heavy atom. The molecule has 2 saturated heterocycles. The molecule has 1 atom stereocenters. The molecule has 0 saturated carbocycles. The smallest absolute Gasteiger partial charge is 0.123 e. The lowest BCUT2D eigenvalue weighted by molar-refractivity contribution is -0.0590. The molecule has 0 aliphatic carbocycles. The molecule has 19 heavy (non-hydrogen) atoms. The number of hydrogen-bond donors (Lipinski definition) is 1. The minimum Gasteiger partial charge on any atom is -0.384 e. The molecule has 2 fully saturated rings. The molecule has 3 rings (SSSR count). The van der Waals surface area contributed by atoms with E-state index in [1.54, 1.807) is 0 Å². The van der Waals surface area contributed by atoms with Crippen LogP contribution in [0.5, 0.6) is 0 Å². The van der Waals surface area contributed by atoms with Gasteiger partial charge >= 0.3 is 0 Å². The van der Waals surface area contributed by atoms with Gasteiger partial charge in [-0.05, 0) is 25.1 Å². The van der Waals surface area contributed by atoms with E-state index in [9.17, 15) is 0 Å². The summed E-state index contributed by atoms with van der Waals surface area (Å²) in [6, 6.07) is 4.52. The van der Waals surface area contributed by atoms with Gasteiger partial charge in [0.25, 0.3) is 0 Å². The lowest BCUT2D eigenvalue weighted by Crippen LogP contribution is -2.46. The maximum Gasteiger partial charge on any atom is 0.123 e. The number of ether oxygens (including phenoxy) is 2. The van der Waals surface area contributed by atoms with Gasteiger partial charge in [0.05, 0.1) is 31.6 Å². The zero-order valence-corrected chi connectivity index (χ0v) is 11.3. The highest BCUT2D eigenvalue weighted by Crippen LogP contribution is 2.28. The Labute approximate surface area is 113 Å². The predicted molar refractivity (Wildman–Crippen MR) is 72.9 cm³/mol. The summed E-state index contributed by atoms with van der Waals surface area (Å²) in [5.41, 5.74) is 8.22. The second-order valence-electron chi connectivity index (χ2n) is 5.44. The van der Waals surface area contributed by atoms with Crippen LogP contribution in [-0.2, 0) is 16.0 Å². The van der Waals surface area contributed by atoms with E-state index in [0.717, 1.165) is 45.1 Å². The number of likely N-dealkylation sites (N-methyl/N-ethyl adjacent to an activating group) is 1. The van der Waals surface area contributed by atoms with Crippen LogP contribution < -0.4 is 5.73 Å². The number of nitrogen functional groups attached to an aromatic ring is 1. The molecular weight excluding hydrogens is 242 g/mol. The van der Waals surface area contributed by atoms with Gasteiger partial charge in [-0.15, -0.1) is 0 Å². The molecule has 1 aromatic rings. The van der Waals surface area contributed by atoms with Crippen LogP contribution in [0.25, 0.3) is 0 Å². The highest BCUT2D eigenvalue weighted by Gasteiger charge is 2.26. The second kappa shape index (κ2) is 5.45. The molecule has 1 aromatic heterocycles. The van der Waals surface area contributed by atoms with Gasteiger partial charge in [0.1, 0.15) is 5.82 Å². The number of pyridine rings is 1. The largest absolute Gasteiger partial charge is 0.384 e. The fourth-order valence-corrected chi connectivity index (χ4v) is 2.65. The van der Waals surface area contributed by atoms with Crippen molar-refractivity contribution in [1.29, 1.82) is 0 Å². The Balaban J connectivity index is 1.78. The fourth-order valence-electron chi connectivity index (χ4n) is 2.65. The number of rotatable bonds is 4. The summed E-state index contributed by atoms with van der Waals surface area (Å²) < 4.78 is 10.7. The Morgan fingerprint density at radius 2 is 2.16 bits per heavy atom. The third-order valence-corrected chi connectivity index (χ3v) is 4.04. The number of hydrogen-bond acceptors (Lipinski definition) is 5. The van der Waals surface area contributed by atoms with Crippen molar-refractivity contribution < 1.29 is 9.47 Å². The van der Waals surface area contributed by atoms with E-state index in [0.29, 0.717) is 17.8 Å². The number of nitrogens with two attached hydrogens (primary N) is 1. The second-order valence-corrected chi connectivity index (χ2v) is 5.44.